The maximum Gasteiger partial charge on any atom is 0.416 e. The highest BCUT2D eigenvalue weighted by Gasteiger charge is 2.32. The van der Waals surface area contributed by atoms with Crippen molar-refractivity contribution in [2.45, 2.75) is 32.5 Å². The molecule has 0 unspecified atom stereocenters. The smallest absolute Gasteiger partial charge is 0.416 e. The first-order valence-electron chi connectivity index (χ1n) is 10.8. The van der Waals surface area contributed by atoms with E-state index in [9.17, 15) is 27.6 Å². The Kier molecular flexibility index (Phi) is 6.48. The lowest BCUT2D eigenvalue weighted by Gasteiger charge is -2.19. The average Bonchev–Trinajstić information content (AvgIpc) is 3.14. The van der Waals surface area contributed by atoms with Crippen LogP contribution in [0.15, 0.2) is 71.5 Å². The van der Waals surface area contributed by atoms with E-state index in [1.807, 2.05) is 0 Å². The van der Waals surface area contributed by atoms with E-state index in [-0.39, 0.29) is 21.7 Å². The van der Waals surface area contributed by atoms with Gasteiger partial charge in [0.05, 0.1) is 16.8 Å². The number of ether oxygens (including phenoxy) is 1. The lowest BCUT2D eigenvalue weighted by molar-refractivity contribution is -0.137. The minimum atomic E-state index is -4.64. The van der Waals surface area contributed by atoms with Crippen LogP contribution in [-0.2, 0) is 10.9 Å². The van der Waals surface area contributed by atoms with Crippen LogP contribution in [0.2, 0.25) is 0 Å². The second-order valence-electron chi connectivity index (χ2n) is 8.90. The van der Waals surface area contributed by atoms with Gasteiger partial charge in [-0.2, -0.15) is 13.2 Å². The lowest BCUT2D eigenvalue weighted by atomic mass is 10.0. The quantitative estimate of drug-likeness (QED) is 0.310. The average molecular weight is 515 g/mol. The van der Waals surface area contributed by atoms with Crippen molar-refractivity contribution in [3.05, 3.63) is 93.8 Å². The molecule has 6 nitrogen and oxygen atoms in total. The monoisotopic (exact) mass is 514 g/mol. The van der Waals surface area contributed by atoms with E-state index >= 15 is 0 Å². The van der Waals surface area contributed by atoms with Crippen LogP contribution < -0.4 is 10.9 Å². The zero-order valence-electron chi connectivity index (χ0n) is 19.5. The Bertz CT molecular complexity index is 1520. The van der Waals surface area contributed by atoms with Gasteiger partial charge in [-0.15, -0.1) is 0 Å². The van der Waals surface area contributed by atoms with E-state index in [1.54, 1.807) is 51.1 Å². The van der Waals surface area contributed by atoms with Gasteiger partial charge < -0.3 is 4.74 Å². The van der Waals surface area contributed by atoms with Crippen LogP contribution in [0.5, 0.6) is 0 Å². The van der Waals surface area contributed by atoms with Crippen LogP contribution in [0.4, 0.5) is 23.0 Å². The summed E-state index contributed by atoms with van der Waals surface area (Å²) >= 11 is 0.955. The molecule has 0 aliphatic rings. The fourth-order valence-corrected chi connectivity index (χ4v) is 4.79. The summed E-state index contributed by atoms with van der Waals surface area (Å²) in [5.41, 5.74) is -1.92. The zero-order chi connectivity index (χ0) is 26.3. The minimum Gasteiger partial charge on any atom is -0.444 e. The molecular weight excluding hydrogens is 493 g/mol. The molecule has 1 amide bonds. The van der Waals surface area contributed by atoms with Gasteiger partial charge in [0, 0.05) is 17.0 Å². The Labute approximate surface area is 207 Å². The van der Waals surface area contributed by atoms with Crippen molar-refractivity contribution in [1.82, 2.24) is 4.57 Å². The molecule has 0 atom stereocenters. The lowest BCUT2D eigenvalue weighted by Crippen LogP contribution is -2.27. The van der Waals surface area contributed by atoms with Crippen molar-refractivity contribution in [3.63, 3.8) is 0 Å². The summed E-state index contributed by atoms with van der Waals surface area (Å²) in [5.74, 6) is -0.739. The molecule has 2 aromatic carbocycles. The summed E-state index contributed by atoms with van der Waals surface area (Å²) in [6, 6.07) is 15.4. The maximum absolute atomic E-state index is 13.6. The zero-order valence-corrected chi connectivity index (χ0v) is 20.3. The summed E-state index contributed by atoms with van der Waals surface area (Å²) in [5, 5.41) is 2.90. The van der Waals surface area contributed by atoms with Crippen molar-refractivity contribution in [1.29, 1.82) is 0 Å². The number of hydrogen-bond donors (Lipinski definition) is 1. The highest BCUT2D eigenvalue weighted by molar-refractivity contribution is 7.23. The number of nitrogens with zero attached hydrogens (tertiary/aromatic N) is 1. The number of fused-ring (bicyclic) bond motifs is 1. The normalized spacial score (nSPS) is 11.9. The van der Waals surface area contributed by atoms with Crippen molar-refractivity contribution in [2.75, 3.05) is 5.32 Å². The molecule has 2 heterocycles. The first-order chi connectivity index (χ1) is 16.8. The number of thiophene rings is 1. The summed E-state index contributed by atoms with van der Waals surface area (Å²) in [6.45, 7) is 5.00. The van der Waals surface area contributed by atoms with Crippen molar-refractivity contribution < 1.29 is 27.5 Å². The summed E-state index contributed by atoms with van der Waals surface area (Å²) < 4.78 is 46.6. The van der Waals surface area contributed by atoms with Crippen LogP contribution in [0.1, 0.15) is 42.3 Å². The van der Waals surface area contributed by atoms with Gasteiger partial charge in [0.25, 0.3) is 5.56 Å². The Morgan fingerprint density at radius 2 is 1.64 bits per heavy atom. The maximum atomic E-state index is 13.6. The number of para-hydroxylation sites is 1. The molecule has 0 fully saturated rings. The van der Waals surface area contributed by atoms with Gasteiger partial charge in [-0.25, -0.2) is 4.79 Å². The van der Waals surface area contributed by atoms with E-state index in [1.165, 1.54) is 22.8 Å². The number of halogens is 3. The van der Waals surface area contributed by atoms with Crippen LogP contribution >= 0.6 is 11.3 Å². The van der Waals surface area contributed by atoms with Crippen LogP contribution in [0.3, 0.4) is 0 Å². The Morgan fingerprint density at radius 3 is 2.28 bits per heavy atom. The molecule has 186 valence electrons. The highest BCUT2D eigenvalue weighted by Crippen LogP contribution is 2.38. The third-order valence-electron chi connectivity index (χ3n) is 5.05. The number of ketones is 1. The number of alkyl halides is 3. The number of rotatable bonds is 4. The molecular formula is C26H21F3N2O4S. The largest absolute Gasteiger partial charge is 0.444 e. The molecule has 0 aliphatic heterocycles. The highest BCUT2D eigenvalue weighted by atomic mass is 32.1. The molecule has 0 saturated heterocycles. The molecule has 0 radical (unpaired) electrons. The fraction of sp³-hybridized carbons (Fsp3) is 0.192. The first kappa shape index (κ1) is 25.2. The predicted octanol–water partition coefficient (Wildman–Crippen LogP) is 6.65. The molecule has 4 rings (SSSR count). The van der Waals surface area contributed by atoms with Gasteiger partial charge in [-0.05, 0) is 51.1 Å². The molecule has 2 aromatic heterocycles. The number of amides is 1. The number of anilines is 1. The topological polar surface area (TPSA) is 77.4 Å². The van der Waals surface area contributed by atoms with Crippen molar-refractivity contribution >= 4 is 38.4 Å². The van der Waals surface area contributed by atoms with Gasteiger partial charge in [0.2, 0.25) is 0 Å². The van der Waals surface area contributed by atoms with Crippen LogP contribution in [0, 0.1) is 0 Å². The second kappa shape index (κ2) is 9.27. The third kappa shape index (κ3) is 5.18. The molecule has 10 heteroatoms. The minimum absolute atomic E-state index is 0.0372. The predicted molar refractivity (Wildman–Crippen MR) is 132 cm³/mol. The van der Waals surface area contributed by atoms with Crippen LogP contribution in [-0.4, -0.2) is 22.0 Å². The summed E-state index contributed by atoms with van der Waals surface area (Å²) in [4.78, 5) is 39.3. The van der Waals surface area contributed by atoms with Crippen molar-refractivity contribution in [2.24, 2.45) is 0 Å². The molecule has 0 saturated carbocycles. The van der Waals surface area contributed by atoms with E-state index in [0.29, 0.717) is 15.9 Å². The Balaban J connectivity index is 1.94. The van der Waals surface area contributed by atoms with Crippen molar-refractivity contribution in [3.8, 4) is 5.69 Å². The summed E-state index contributed by atoms with van der Waals surface area (Å²) in [6.07, 6.45) is -5.49. The van der Waals surface area contributed by atoms with E-state index in [4.69, 9.17) is 4.74 Å². The standard InChI is InChI=1S/C26H21F3N2O4S/c1-25(2,3)35-24(34)30-22-20(21(33)15-8-7-9-16(14-15)26(27,28)29)18-12-13-19(32)31(23(18)36-22)17-10-5-4-6-11-17/h4-14H,1-3H3,(H,30,34). The molecule has 4 aromatic rings. The number of pyridine rings is 1. The van der Waals surface area contributed by atoms with E-state index < -0.39 is 29.2 Å². The second-order valence-corrected chi connectivity index (χ2v) is 9.90. The van der Waals surface area contributed by atoms with Gasteiger partial charge in [0.15, 0.2) is 5.78 Å². The van der Waals surface area contributed by atoms with E-state index in [0.717, 1.165) is 29.5 Å². The molecule has 1 N–H and O–H groups in total. The SMILES string of the molecule is CC(C)(C)OC(=O)Nc1sc2c(ccc(=O)n2-c2ccccc2)c1C(=O)c1cccc(C(F)(F)F)c1. The third-order valence-corrected chi connectivity index (χ3v) is 6.16. The Morgan fingerprint density at radius 1 is 0.944 bits per heavy atom. The molecule has 0 aliphatic carbocycles. The molecule has 0 bridgehead atoms. The number of carbonyl (C=O) groups is 2. The van der Waals surface area contributed by atoms with Gasteiger partial charge in [-0.1, -0.05) is 41.7 Å². The fourth-order valence-electron chi connectivity index (χ4n) is 3.59. The van der Waals surface area contributed by atoms with E-state index in [2.05, 4.69) is 5.32 Å². The first-order valence-corrected chi connectivity index (χ1v) is 11.6. The number of carbonyl (C=O) groups excluding carboxylic acids is 2. The number of hydrogen-bond acceptors (Lipinski definition) is 5. The molecule has 0 spiro atoms. The number of benzene rings is 2. The van der Waals surface area contributed by atoms with Gasteiger partial charge in [0.1, 0.15) is 15.4 Å². The Hall–Kier alpha value is -3.92. The van der Waals surface area contributed by atoms with Crippen LogP contribution in [0.25, 0.3) is 15.9 Å². The summed E-state index contributed by atoms with van der Waals surface area (Å²) in [7, 11) is 0. The van der Waals surface area contributed by atoms with Gasteiger partial charge >= 0.3 is 12.3 Å². The van der Waals surface area contributed by atoms with Gasteiger partial charge in [-0.3, -0.25) is 19.5 Å². The number of nitrogens with one attached hydrogen (secondary N) is 1. The molecule has 36 heavy (non-hydrogen) atoms. The number of aromatic nitrogens is 1.